The molecule has 0 amide bonds. The van der Waals surface area contributed by atoms with Crippen LogP contribution < -0.4 is 0 Å². The molecule has 0 aliphatic heterocycles. The molecule has 21 aromatic rings. The van der Waals surface area contributed by atoms with Crippen LogP contribution in [0.4, 0.5) is 0 Å². The molecule has 0 spiro atoms. The van der Waals surface area contributed by atoms with Crippen molar-refractivity contribution in [3.63, 3.8) is 0 Å². The van der Waals surface area contributed by atoms with Gasteiger partial charge in [0, 0.05) is 0 Å². The minimum atomic E-state index is 0.0248. The van der Waals surface area contributed by atoms with Crippen LogP contribution in [0.3, 0.4) is 0 Å². The zero-order chi connectivity index (χ0) is 70.0. The molecule has 0 fully saturated rings. The Morgan fingerprint density at radius 1 is 0.142 bits per heavy atom. The summed E-state index contributed by atoms with van der Waals surface area (Å²) in [4.78, 5) is 30.3. The summed E-state index contributed by atoms with van der Waals surface area (Å²) in [6.07, 6.45) is 0. The third kappa shape index (κ3) is 11.4. The zero-order valence-electron chi connectivity index (χ0n) is 57.1. The first-order valence-electron chi connectivity index (χ1n) is 35.6. The normalized spacial score (nSPS) is 11.6. The standard InChI is InChI=1S/C51H31N3Se.C47H29N3Se/c1-3-13-34(14-4-1)49-52-50(35-15-5-2-6-16-35)54-51(53-49)45-23-11-22-44-43-21-10-20-40(47(43)55-48(44)45)38-18-9-17-36(30-38)37-25-24-33-27-28-41-39-19-8-7-12-32(39)26-29-42(41)46(33)31-37;1-3-14-32(15-4-1)45-48-46(33-16-5-2-6-17-33)50-47(49-45)41-24-12-23-40-39-22-11-21-38(43(39)51-44(40)41)37-20-10-9-19-36(37)34-28-27-31-26-25-30-13-7-8-18-35(30)42(31)29-34/h1-31H;1-29H. The maximum absolute atomic E-state index is 5.11. The molecule has 6 nitrogen and oxygen atoms in total. The van der Waals surface area contributed by atoms with Gasteiger partial charge in [0.2, 0.25) is 0 Å². The molecule has 17 aromatic carbocycles. The van der Waals surface area contributed by atoms with Crippen molar-refractivity contribution in [1.82, 2.24) is 29.9 Å². The van der Waals surface area contributed by atoms with Crippen molar-refractivity contribution in [3.8, 4) is 113 Å². The Morgan fingerprint density at radius 3 is 0.934 bits per heavy atom. The molecule has 0 N–H and O–H groups in total. The number of aromatic nitrogens is 6. The fourth-order valence-electron chi connectivity index (χ4n) is 15.3. The van der Waals surface area contributed by atoms with Gasteiger partial charge in [-0.25, -0.2) is 0 Å². The Labute approximate surface area is 623 Å². The van der Waals surface area contributed by atoms with Gasteiger partial charge in [0.1, 0.15) is 0 Å². The molecule has 0 radical (unpaired) electrons. The number of hydrogen-bond donors (Lipinski definition) is 0. The first kappa shape index (κ1) is 62.8. The van der Waals surface area contributed by atoms with Gasteiger partial charge in [-0.05, 0) is 0 Å². The summed E-state index contributed by atoms with van der Waals surface area (Å²) in [5, 5.41) is 17.9. The van der Waals surface area contributed by atoms with Crippen LogP contribution in [-0.4, -0.2) is 58.9 Å². The molecular weight excluding hydrogens is 1420 g/mol. The summed E-state index contributed by atoms with van der Waals surface area (Å²) in [6, 6.07) is 130. The van der Waals surface area contributed by atoms with Crippen molar-refractivity contribution in [2.45, 2.75) is 0 Å². The first-order chi connectivity index (χ1) is 52.5. The van der Waals surface area contributed by atoms with Gasteiger partial charge in [-0.3, -0.25) is 0 Å². The predicted octanol–water partition coefficient (Wildman–Crippen LogP) is 24.9. The molecule has 494 valence electrons. The van der Waals surface area contributed by atoms with Crippen molar-refractivity contribution in [1.29, 1.82) is 0 Å². The molecule has 0 aliphatic carbocycles. The SMILES string of the molecule is c1ccc(-c2nc(-c3ccccc3)nc(-c3cccc4c3[se]c3c(-c5cccc(-c6ccc7ccc8c9ccccc9ccc8c7c6)c5)cccc34)n2)cc1.c1ccc(-c2nc(-c3ccccc3)nc(-c3cccc4c3[se]c3c(-c5ccccc5-c5ccc6ccc7ccccc7c6c5)cccc34)n2)cc1. The Balaban J connectivity index is 0.000000141. The summed E-state index contributed by atoms with van der Waals surface area (Å²) in [5.74, 6) is 4.13. The van der Waals surface area contributed by atoms with Gasteiger partial charge in [0.25, 0.3) is 0 Å². The van der Waals surface area contributed by atoms with Gasteiger partial charge in [-0.1, -0.05) is 18.2 Å². The van der Waals surface area contributed by atoms with Crippen molar-refractivity contribution in [3.05, 3.63) is 364 Å². The van der Waals surface area contributed by atoms with Crippen molar-refractivity contribution in [2.75, 3.05) is 0 Å². The Morgan fingerprint density at radius 2 is 0.425 bits per heavy atom. The summed E-state index contributed by atoms with van der Waals surface area (Å²) in [5.41, 5.74) is 16.0. The van der Waals surface area contributed by atoms with Crippen LogP contribution in [-0.2, 0) is 0 Å². The van der Waals surface area contributed by atoms with Gasteiger partial charge in [0.15, 0.2) is 0 Å². The van der Waals surface area contributed by atoms with E-state index >= 15 is 0 Å². The number of benzene rings is 17. The van der Waals surface area contributed by atoms with E-state index in [1.54, 1.807) is 0 Å². The maximum atomic E-state index is 5.11. The molecule has 0 atom stereocenters. The van der Waals surface area contributed by atoms with E-state index in [0.29, 0.717) is 34.9 Å². The van der Waals surface area contributed by atoms with Gasteiger partial charge in [-0.2, -0.15) is 0 Å². The van der Waals surface area contributed by atoms with Crippen LogP contribution in [0.2, 0.25) is 0 Å². The van der Waals surface area contributed by atoms with E-state index in [2.05, 4.69) is 291 Å². The first-order valence-corrected chi connectivity index (χ1v) is 39.1. The van der Waals surface area contributed by atoms with E-state index in [1.807, 2.05) is 72.8 Å². The predicted molar refractivity (Wildman–Crippen MR) is 445 cm³/mol. The average molecular weight is 1480 g/mol. The van der Waals surface area contributed by atoms with Crippen LogP contribution in [0.1, 0.15) is 0 Å². The third-order valence-electron chi connectivity index (χ3n) is 20.5. The van der Waals surface area contributed by atoms with Crippen molar-refractivity contribution >= 4 is 121 Å². The van der Waals surface area contributed by atoms with E-state index in [4.69, 9.17) is 29.9 Å². The molecule has 4 heterocycles. The fraction of sp³-hybridized carbons (Fsp3) is 0. The summed E-state index contributed by atoms with van der Waals surface area (Å²) in [6.45, 7) is 0. The van der Waals surface area contributed by atoms with Crippen LogP contribution in [0.5, 0.6) is 0 Å². The van der Waals surface area contributed by atoms with Crippen LogP contribution >= 0.6 is 0 Å². The minimum absolute atomic E-state index is 0.0248. The Bertz CT molecular complexity index is 6900. The molecule has 106 heavy (non-hydrogen) atoms. The molecule has 8 heteroatoms. The summed E-state index contributed by atoms with van der Waals surface area (Å²) < 4.78 is 5.41. The molecular formula is C98H60N6Se2. The van der Waals surface area contributed by atoms with E-state index in [-0.39, 0.29) is 29.0 Å². The Hall–Kier alpha value is -12.9. The topological polar surface area (TPSA) is 77.3 Å². The third-order valence-corrected chi connectivity index (χ3v) is 25.9. The van der Waals surface area contributed by atoms with Crippen LogP contribution in [0.15, 0.2) is 364 Å². The summed E-state index contributed by atoms with van der Waals surface area (Å²) in [7, 11) is 0. The number of nitrogens with zero attached hydrogens (tertiary/aromatic N) is 6. The molecule has 21 rings (SSSR count). The second kappa shape index (κ2) is 26.7. The van der Waals surface area contributed by atoms with Crippen LogP contribution in [0, 0.1) is 0 Å². The number of fused-ring (bicyclic) bond motifs is 14. The molecule has 4 aromatic heterocycles. The van der Waals surface area contributed by atoms with Gasteiger partial charge in [-0.15, -0.1) is 0 Å². The van der Waals surface area contributed by atoms with E-state index in [9.17, 15) is 0 Å². The monoisotopic (exact) mass is 1480 g/mol. The average Bonchev–Trinajstić information content (AvgIpc) is 1.07. The quantitative estimate of drug-likeness (QED) is 0.100. The second-order valence-electron chi connectivity index (χ2n) is 26.7. The molecule has 0 saturated carbocycles. The van der Waals surface area contributed by atoms with Crippen molar-refractivity contribution < 1.29 is 0 Å². The second-order valence-corrected chi connectivity index (χ2v) is 31.0. The summed E-state index contributed by atoms with van der Waals surface area (Å²) >= 11 is 0.0575. The van der Waals surface area contributed by atoms with E-state index in [0.717, 1.165) is 33.4 Å². The number of hydrogen-bond acceptors (Lipinski definition) is 6. The van der Waals surface area contributed by atoms with Gasteiger partial charge < -0.3 is 0 Å². The molecule has 0 bridgehead atoms. The zero-order valence-corrected chi connectivity index (χ0v) is 60.6. The fourth-order valence-corrected chi connectivity index (χ4v) is 20.9. The molecule has 0 aliphatic rings. The molecule has 0 saturated heterocycles. The van der Waals surface area contributed by atoms with Crippen LogP contribution in [0.25, 0.3) is 205 Å². The van der Waals surface area contributed by atoms with Gasteiger partial charge in [0.05, 0.1) is 0 Å². The van der Waals surface area contributed by atoms with E-state index in [1.165, 1.54) is 137 Å². The van der Waals surface area contributed by atoms with Gasteiger partial charge >= 0.3 is 610 Å². The number of rotatable bonds is 10. The molecule has 0 unspecified atom stereocenters. The Kier molecular flexibility index (Phi) is 15.8. The van der Waals surface area contributed by atoms with Crippen molar-refractivity contribution in [2.24, 2.45) is 0 Å². The van der Waals surface area contributed by atoms with E-state index < -0.39 is 0 Å².